The Morgan fingerprint density at radius 1 is 1.16 bits per heavy atom. The molecule has 0 radical (unpaired) electrons. The summed E-state index contributed by atoms with van der Waals surface area (Å²) in [6, 6.07) is 9.58. The highest BCUT2D eigenvalue weighted by Gasteiger charge is 2.21. The lowest BCUT2D eigenvalue weighted by Crippen LogP contribution is -1.88. The first-order valence-electron chi connectivity index (χ1n) is 5.41. The van der Waals surface area contributed by atoms with Crippen LogP contribution in [-0.4, -0.2) is 5.16 Å². The monoisotopic (exact) mass is 382 g/mol. The molecular formula is C13H8Br2N2O2. The SMILES string of the molecule is Nc1noc(-c2ccoc2Br)c1-c1cccc(Br)c1. The second kappa shape index (κ2) is 4.86. The number of hydrogen-bond donors (Lipinski definition) is 1. The van der Waals surface area contributed by atoms with Crippen LogP contribution < -0.4 is 5.73 Å². The lowest BCUT2D eigenvalue weighted by Gasteiger charge is -2.02. The van der Waals surface area contributed by atoms with Crippen LogP contribution in [0, 0.1) is 0 Å². The average molecular weight is 384 g/mol. The predicted molar refractivity (Wildman–Crippen MR) is 79.5 cm³/mol. The zero-order valence-electron chi connectivity index (χ0n) is 9.56. The summed E-state index contributed by atoms with van der Waals surface area (Å²) in [5.74, 6) is 0.928. The van der Waals surface area contributed by atoms with E-state index in [9.17, 15) is 0 Å². The standard InChI is InChI=1S/C13H8Br2N2O2/c14-8-3-1-2-7(6-8)10-11(19-17-13(10)16)9-4-5-18-12(9)15/h1-6H,(H2,16,17). The number of nitrogens with two attached hydrogens (primary N) is 1. The van der Waals surface area contributed by atoms with Gasteiger partial charge in [-0.05, 0) is 39.7 Å². The van der Waals surface area contributed by atoms with E-state index in [1.807, 2.05) is 24.3 Å². The molecule has 0 fully saturated rings. The zero-order chi connectivity index (χ0) is 13.4. The fraction of sp³-hybridized carbons (Fsp3) is 0. The van der Waals surface area contributed by atoms with Crippen molar-refractivity contribution in [3.8, 4) is 22.5 Å². The third kappa shape index (κ3) is 2.21. The van der Waals surface area contributed by atoms with Crippen molar-refractivity contribution in [1.82, 2.24) is 5.16 Å². The predicted octanol–water partition coefficient (Wildman–Crippen LogP) is 4.71. The van der Waals surface area contributed by atoms with Crippen molar-refractivity contribution in [1.29, 1.82) is 0 Å². The summed E-state index contributed by atoms with van der Waals surface area (Å²) < 4.78 is 12.1. The largest absolute Gasteiger partial charge is 0.457 e. The van der Waals surface area contributed by atoms with Crippen molar-refractivity contribution < 1.29 is 8.94 Å². The van der Waals surface area contributed by atoms with E-state index >= 15 is 0 Å². The van der Waals surface area contributed by atoms with Crippen molar-refractivity contribution in [3.63, 3.8) is 0 Å². The number of nitrogens with zero attached hydrogens (tertiary/aromatic N) is 1. The molecule has 2 heterocycles. The Morgan fingerprint density at radius 2 is 2.00 bits per heavy atom. The van der Waals surface area contributed by atoms with E-state index in [4.69, 9.17) is 14.7 Å². The van der Waals surface area contributed by atoms with Gasteiger partial charge in [0.1, 0.15) is 0 Å². The molecule has 0 saturated heterocycles. The number of furan rings is 1. The number of nitrogen functional groups attached to an aromatic ring is 1. The molecule has 1 aromatic carbocycles. The van der Waals surface area contributed by atoms with Gasteiger partial charge in [-0.15, -0.1) is 0 Å². The Labute approximate surface area is 125 Å². The lowest BCUT2D eigenvalue weighted by molar-refractivity contribution is 0.434. The molecule has 0 bridgehead atoms. The van der Waals surface area contributed by atoms with Crippen LogP contribution in [0.3, 0.4) is 0 Å². The number of aromatic nitrogens is 1. The van der Waals surface area contributed by atoms with Gasteiger partial charge in [0.15, 0.2) is 16.2 Å². The summed E-state index contributed by atoms with van der Waals surface area (Å²) in [5.41, 5.74) is 8.37. The van der Waals surface area contributed by atoms with Gasteiger partial charge >= 0.3 is 0 Å². The molecule has 0 aliphatic rings. The molecule has 0 aliphatic heterocycles. The molecule has 3 aromatic rings. The topological polar surface area (TPSA) is 65.2 Å². The Hall–Kier alpha value is -1.53. The van der Waals surface area contributed by atoms with Gasteiger partial charge < -0.3 is 14.7 Å². The van der Waals surface area contributed by atoms with E-state index in [1.165, 1.54) is 0 Å². The third-order valence-electron chi connectivity index (χ3n) is 2.69. The van der Waals surface area contributed by atoms with E-state index in [1.54, 1.807) is 12.3 Å². The number of hydrogen-bond acceptors (Lipinski definition) is 4. The number of rotatable bonds is 2. The van der Waals surface area contributed by atoms with Crippen LogP contribution in [-0.2, 0) is 0 Å². The molecule has 3 rings (SSSR count). The van der Waals surface area contributed by atoms with E-state index < -0.39 is 0 Å². The minimum absolute atomic E-state index is 0.348. The molecule has 6 heteroatoms. The highest BCUT2D eigenvalue weighted by atomic mass is 79.9. The summed E-state index contributed by atoms with van der Waals surface area (Å²) in [6.07, 6.45) is 1.57. The van der Waals surface area contributed by atoms with Gasteiger partial charge in [0.05, 0.1) is 17.4 Å². The van der Waals surface area contributed by atoms with Crippen LogP contribution in [0.4, 0.5) is 5.82 Å². The van der Waals surface area contributed by atoms with Crippen LogP contribution in [0.5, 0.6) is 0 Å². The smallest absolute Gasteiger partial charge is 0.181 e. The van der Waals surface area contributed by atoms with Crippen molar-refractivity contribution in [2.45, 2.75) is 0 Å². The molecule has 96 valence electrons. The first-order chi connectivity index (χ1) is 9.16. The molecule has 4 nitrogen and oxygen atoms in total. The average Bonchev–Trinajstić information content (AvgIpc) is 2.95. The van der Waals surface area contributed by atoms with E-state index in [0.717, 1.165) is 21.2 Å². The quantitative estimate of drug-likeness (QED) is 0.695. The molecule has 0 saturated carbocycles. The molecule has 0 aliphatic carbocycles. The summed E-state index contributed by atoms with van der Waals surface area (Å²) in [4.78, 5) is 0. The normalized spacial score (nSPS) is 10.8. The van der Waals surface area contributed by atoms with Gasteiger partial charge in [0.2, 0.25) is 0 Å². The van der Waals surface area contributed by atoms with Crippen molar-refractivity contribution in [3.05, 3.63) is 45.7 Å². The highest BCUT2D eigenvalue weighted by Crippen LogP contribution is 2.40. The van der Waals surface area contributed by atoms with Gasteiger partial charge in [-0.1, -0.05) is 33.2 Å². The second-order valence-corrected chi connectivity index (χ2v) is 5.53. The summed E-state index contributed by atoms with van der Waals surface area (Å²) in [6.45, 7) is 0. The maximum atomic E-state index is 5.91. The second-order valence-electron chi connectivity index (χ2n) is 3.89. The molecular weight excluding hydrogens is 376 g/mol. The molecule has 2 aromatic heterocycles. The molecule has 0 amide bonds. The van der Waals surface area contributed by atoms with Gasteiger partial charge in [0, 0.05) is 4.47 Å². The zero-order valence-corrected chi connectivity index (χ0v) is 12.7. The van der Waals surface area contributed by atoms with Crippen LogP contribution in [0.25, 0.3) is 22.5 Å². The maximum Gasteiger partial charge on any atom is 0.181 e. The number of halogens is 2. The van der Waals surface area contributed by atoms with Crippen LogP contribution in [0.1, 0.15) is 0 Å². The molecule has 2 N–H and O–H groups in total. The first kappa shape index (κ1) is 12.5. The van der Waals surface area contributed by atoms with Gasteiger partial charge in [0.25, 0.3) is 0 Å². The minimum atomic E-state index is 0.348. The van der Waals surface area contributed by atoms with Crippen molar-refractivity contribution in [2.24, 2.45) is 0 Å². The maximum absolute atomic E-state index is 5.91. The van der Waals surface area contributed by atoms with Crippen LogP contribution >= 0.6 is 31.9 Å². The fourth-order valence-corrected chi connectivity index (χ4v) is 2.68. The number of benzene rings is 1. The summed E-state index contributed by atoms with van der Waals surface area (Å²) in [5, 5.41) is 3.84. The number of anilines is 1. The Kier molecular flexibility index (Phi) is 3.20. The van der Waals surface area contributed by atoms with E-state index in [0.29, 0.717) is 16.2 Å². The summed E-state index contributed by atoms with van der Waals surface area (Å²) >= 11 is 6.77. The van der Waals surface area contributed by atoms with Crippen LogP contribution in [0.15, 0.2) is 54.7 Å². The van der Waals surface area contributed by atoms with Crippen molar-refractivity contribution >= 4 is 37.7 Å². The molecule has 19 heavy (non-hydrogen) atoms. The third-order valence-corrected chi connectivity index (χ3v) is 3.80. The molecule has 0 unspecified atom stereocenters. The highest BCUT2D eigenvalue weighted by molar-refractivity contribution is 9.10. The molecule has 0 spiro atoms. The minimum Gasteiger partial charge on any atom is -0.457 e. The van der Waals surface area contributed by atoms with Gasteiger partial charge in [-0.25, -0.2) is 0 Å². The fourth-order valence-electron chi connectivity index (χ4n) is 1.86. The Balaban J connectivity index is 2.22. The van der Waals surface area contributed by atoms with E-state index in [-0.39, 0.29) is 0 Å². The summed E-state index contributed by atoms with van der Waals surface area (Å²) in [7, 11) is 0. The lowest BCUT2D eigenvalue weighted by atomic mass is 10.0. The van der Waals surface area contributed by atoms with Gasteiger partial charge in [-0.3, -0.25) is 0 Å². The molecule has 0 atom stereocenters. The van der Waals surface area contributed by atoms with Gasteiger partial charge in [-0.2, -0.15) is 0 Å². The van der Waals surface area contributed by atoms with Crippen LogP contribution in [0.2, 0.25) is 0 Å². The first-order valence-corrected chi connectivity index (χ1v) is 7.00. The van der Waals surface area contributed by atoms with Crippen molar-refractivity contribution in [2.75, 3.05) is 5.73 Å². The van der Waals surface area contributed by atoms with E-state index in [2.05, 4.69) is 37.0 Å². The Morgan fingerprint density at radius 3 is 2.68 bits per heavy atom. The Bertz CT molecular complexity index is 734.